The fourth-order valence-electron chi connectivity index (χ4n) is 2.03. The molecule has 2 N–H and O–H groups in total. The molecule has 0 aliphatic carbocycles. The predicted molar refractivity (Wildman–Crippen MR) is 90.1 cm³/mol. The van der Waals surface area contributed by atoms with E-state index in [1.807, 2.05) is 6.07 Å². The highest BCUT2D eigenvalue weighted by atomic mass is 32.1. The summed E-state index contributed by atoms with van der Waals surface area (Å²) >= 11 is 2.18. The number of anilines is 1. The lowest BCUT2D eigenvalue weighted by Crippen LogP contribution is -2.10. The molecule has 0 aliphatic rings. The van der Waals surface area contributed by atoms with E-state index in [1.54, 1.807) is 20.8 Å². The molecule has 24 heavy (non-hydrogen) atoms. The Kier molecular flexibility index (Phi) is 5.54. The highest BCUT2D eigenvalue weighted by Gasteiger charge is 2.24. The number of rotatable bonds is 5. The molecular formula is C15H15N3O4S2. The maximum absolute atomic E-state index is 12.2. The maximum atomic E-state index is 12.2. The van der Waals surface area contributed by atoms with Crippen LogP contribution in [-0.4, -0.2) is 23.5 Å². The number of hydrogen-bond acceptors (Lipinski definition) is 9. The van der Waals surface area contributed by atoms with E-state index in [4.69, 9.17) is 15.2 Å². The van der Waals surface area contributed by atoms with E-state index in [0.29, 0.717) is 10.6 Å². The van der Waals surface area contributed by atoms with Crippen molar-refractivity contribution in [3.63, 3.8) is 0 Å². The van der Waals surface area contributed by atoms with Crippen LogP contribution in [0.25, 0.3) is 0 Å². The van der Waals surface area contributed by atoms with Gasteiger partial charge in [0, 0.05) is 5.56 Å². The van der Waals surface area contributed by atoms with E-state index in [-0.39, 0.29) is 34.2 Å². The topological polar surface area (TPSA) is 115 Å². The van der Waals surface area contributed by atoms with E-state index in [9.17, 15) is 14.9 Å². The van der Waals surface area contributed by atoms with Gasteiger partial charge in [0.15, 0.2) is 0 Å². The molecule has 0 atom stereocenters. The van der Waals surface area contributed by atoms with Gasteiger partial charge in [-0.3, -0.25) is 0 Å². The Morgan fingerprint density at radius 1 is 1.21 bits per heavy atom. The van der Waals surface area contributed by atoms with Gasteiger partial charge < -0.3 is 15.2 Å². The standard InChI is InChI=1S/C15H15N3O4S2/c1-4-21-15(20)12-10(9(5-16)13(17)24-12)6-22-14(19)11-7(2)18-8(3)23-11/h4,6,17H2,1-3H3. The number of carbonyl (C=O) groups is 2. The average molecular weight is 365 g/mol. The summed E-state index contributed by atoms with van der Waals surface area (Å²) in [5, 5.41) is 10.2. The van der Waals surface area contributed by atoms with Gasteiger partial charge in [0.25, 0.3) is 0 Å². The summed E-state index contributed by atoms with van der Waals surface area (Å²) in [6.45, 7) is 5.14. The minimum atomic E-state index is -0.591. The summed E-state index contributed by atoms with van der Waals surface area (Å²) in [5.74, 6) is -1.15. The average Bonchev–Trinajstić information content (AvgIpc) is 3.03. The molecule has 2 rings (SSSR count). The van der Waals surface area contributed by atoms with Crippen LogP contribution in [0.15, 0.2) is 0 Å². The van der Waals surface area contributed by atoms with Crippen LogP contribution >= 0.6 is 22.7 Å². The molecule has 126 valence electrons. The van der Waals surface area contributed by atoms with Crippen LogP contribution in [-0.2, 0) is 16.1 Å². The molecule has 0 fully saturated rings. The number of nitriles is 1. The second-order valence-electron chi connectivity index (χ2n) is 4.70. The summed E-state index contributed by atoms with van der Waals surface area (Å²) in [7, 11) is 0. The van der Waals surface area contributed by atoms with Crippen LogP contribution < -0.4 is 5.73 Å². The van der Waals surface area contributed by atoms with Crippen molar-refractivity contribution < 1.29 is 19.1 Å². The summed E-state index contributed by atoms with van der Waals surface area (Å²) in [4.78, 5) is 28.9. The largest absolute Gasteiger partial charge is 0.462 e. The summed E-state index contributed by atoms with van der Waals surface area (Å²) in [6, 6.07) is 1.94. The summed E-state index contributed by atoms with van der Waals surface area (Å²) in [6.07, 6.45) is 0. The van der Waals surface area contributed by atoms with Crippen LogP contribution in [0, 0.1) is 25.2 Å². The zero-order valence-corrected chi connectivity index (χ0v) is 15.0. The molecular weight excluding hydrogens is 350 g/mol. The summed E-state index contributed by atoms with van der Waals surface area (Å²) in [5.41, 5.74) is 6.75. The third kappa shape index (κ3) is 3.55. The molecule has 9 heteroatoms. The highest BCUT2D eigenvalue weighted by Crippen LogP contribution is 2.32. The molecule has 2 heterocycles. The number of carbonyl (C=O) groups excluding carboxylic acids is 2. The number of thiophene rings is 1. The Hall–Kier alpha value is -2.44. The predicted octanol–water partition coefficient (Wildman–Crippen LogP) is 2.81. The first kappa shape index (κ1) is 17.9. The second-order valence-corrected chi connectivity index (χ2v) is 6.96. The Labute approximate surface area is 146 Å². The molecule has 0 unspecified atom stereocenters. The Balaban J connectivity index is 2.25. The van der Waals surface area contributed by atoms with Gasteiger partial charge >= 0.3 is 11.9 Å². The van der Waals surface area contributed by atoms with Crippen LogP contribution in [0.2, 0.25) is 0 Å². The van der Waals surface area contributed by atoms with Gasteiger partial charge in [-0.1, -0.05) is 0 Å². The molecule has 0 saturated carbocycles. The molecule has 0 aliphatic heterocycles. The van der Waals surface area contributed by atoms with Crippen molar-refractivity contribution in [2.45, 2.75) is 27.4 Å². The van der Waals surface area contributed by atoms with E-state index in [2.05, 4.69) is 4.98 Å². The van der Waals surface area contributed by atoms with Crippen LogP contribution in [0.1, 0.15) is 48.1 Å². The number of ether oxygens (including phenoxy) is 2. The van der Waals surface area contributed by atoms with Gasteiger partial charge in [-0.15, -0.1) is 22.7 Å². The zero-order valence-electron chi connectivity index (χ0n) is 13.3. The number of thiazole rings is 1. The minimum absolute atomic E-state index is 0.132. The van der Waals surface area contributed by atoms with Gasteiger partial charge in [0.1, 0.15) is 27.4 Å². The smallest absolute Gasteiger partial charge is 0.350 e. The fraction of sp³-hybridized carbons (Fsp3) is 0.333. The molecule has 7 nitrogen and oxygen atoms in total. The van der Waals surface area contributed by atoms with Crippen molar-refractivity contribution in [2.24, 2.45) is 0 Å². The van der Waals surface area contributed by atoms with Crippen LogP contribution in [0.3, 0.4) is 0 Å². The third-order valence-electron chi connectivity index (χ3n) is 3.04. The molecule has 0 spiro atoms. The van der Waals surface area contributed by atoms with Gasteiger partial charge in [-0.05, 0) is 20.8 Å². The number of esters is 2. The molecule has 2 aromatic rings. The first-order valence-corrected chi connectivity index (χ1v) is 8.61. The quantitative estimate of drug-likeness (QED) is 0.810. The lowest BCUT2D eigenvalue weighted by Gasteiger charge is -2.06. The molecule has 0 saturated heterocycles. The molecule has 0 radical (unpaired) electrons. The molecule has 0 bridgehead atoms. The molecule has 0 aromatic carbocycles. The minimum Gasteiger partial charge on any atom is -0.462 e. The normalized spacial score (nSPS) is 10.2. The zero-order chi connectivity index (χ0) is 17.9. The van der Waals surface area contributed by atoms with Crippen molar-refractivity contribution in [1.29, 1.82) is 5.26 Å². The van der Waals surface area contributed by atoms with Crippen molar-refractivity contribution in [1.82, 2.24) is 4.98 Å². The van der Waals surface area contributed by atoms with Crippen LogP contribution in [0.4, 0.5) is 5.00 Å². The van der Waals surface area contributed by atoms with E-state index < -0.39 is 11.9 Å². The lowest BCUT2D eigenvalue weighted by atomic mass is 10.1. The lowest BCUT2D eigenvalue weighted by molar-refractivity contribution is 0.0456. The monoisotopic (exact) mass is 365 g/mol. The number of nitrogens with two attached hydrogens (primary N) is 1. The van der Waals surface area contributed by atoms with Crippen molar-refractivity contribution in [3.05, 3.63) is 31.6 Å². The Bertz CT molecular complexity index is 833. The Morgan fingerprint density at radius 2 is 1.88 bits per heavy atom. The highest BCUT2D eigenvalue weighted by molar-refractivity contribution is 7.18. The van der Waals surface area contributed by atoms with E-state index >= 15 is 0 Å². The number of nitrogen functional groups attached to an aromatic ring is 1. The number of hydrogen-bond donors (Lipinski definition) is 1. The van der Waals surface area contributed by atoms with Crippen molar-refractivity contribution in [2.75, 3.05) is 12.3 Å². The van der Waals surface area contributed by atoms with Gasteiger partial charge in [-0.25, -0.2) is 14.6 Å². The van der Waals surface area contributed by atoms with Gasteiger partial charge in [0.05, 0.1) is 22.9 Å². The molecule has 2 aromatic heterocycles. The van der Waals surface area contributed by atoms with Crippen molar-refractivity contribution in [3.8, 4) is 6.07 Å². The number of nitrogens with zero attached hydrogens (tertiary/aromatic N) is 2. The third-order valence-corrected chi connectivity index (χ3v) is 5.14. The number of aromatic nitrogens is 1. The molecule has 0 amide bonds. The second kappa shape index (κ2) is 7.42. The Morgan fingerprint density at radius 3 is 2.42 bits per heavy atom. The van der Waals surface area contributed by atoms with Gasteiger partial charge in [-0.2, -0.15) is 5.26 Å². The number of aryl methyl sites for hydroxylation is 2. The first-order chi connectivity index (χ1) is 11.4. The summed E-state index contributed by atoms with van der Waals surface area (Å²) < 4.78 is 10.2. The SMILES string of the molecule is CCOC(=O)c1sc(N)c(C#N)c1COC(=O)c1sc(C)nc1C. The first-order valence-electron chi connectivity index (χ1n) is 6.98. The van der Waals surface area contributed by atoms with E-state index in [0.717, 1.165) is 16.3 Å². The van der Waals surface area contributed by atoms with Crippen LogP contribution in [0.5, 0.6) is 0 Å². The fourth-order valence-corrected chi connectivity index (χ4v) is 3.76. The maximum Gasteiger partial charge on any atom is 0.350 e. The van der Waals surface area contributed by atoms with Crippen molar-refractivity contribution >= 4 is 39.6 Å². The van der Waals surface area contributed by atoms with Gasteiger partial charge in [0.2, 0.25) is 0 Å². The van der Waals surface area contributed by atoms with E-state index in [1.165, 1.54) is 11.3 Å².